The number of nitrogens with zero attached hydrogens (tertiary/aromatic N) is 4. The molecular formula is C15H17F4N5O3. The van der Waals surface area contributed by atoms with Crippen LogP contribution in [0, 0.1) is 0 Å². The molecule has 1 aliphatic heterocycles. The molecule has 0 unspecified atom stereocenters. The van der Waals surface area contributed by atoms with E-state index in [1.54, 1.807) is 0 Å². The SMILES string of the molecule is OC[C@H]1OC[C@@](F)(n2cnc3c(NC4CCC4)nc(C(F)(F)F)nc32)[C@@H]1O. The highest BCUT2D eigenvalue weighted by Gasteiger charge is 2.52. The van der Waals surface area contributed by atoms with Crippen molar-refractivity contribution in [1.29, 1.82) is 0 Å². The van der Waals surface area contributed by atoms with Crippen molar-refractivity contribution in [3.05, 3.63) is 12.2 Å². The van der Waals surface area contributed by atoms with Crippen LogP contribution in [0.15, 0.2) is 6.33 Å². The lowest BCUT2D eigenvalue weighted by atomic mass is 9.93. The quantitative estimate of drug-likeness (QED) is 0.673. The van der Waals surface area contributed by atoms with Gasteiger partial charge >= 0.3 is 6.18 Å². The van der Waals surface area contributed by atoms with Gasteiger partial charge in [-0.05, 0) is 19.3 Å². The summed E-state index contributed by atoms with van der Waals surface area (Å²) in [6, 6.07) is -0.0344. The van der Waals surface area contributed by atoms with E-state index in [2.05, 4.69) is 20.3 Å². The van der Waals surface area contributed by atoms with E-state index >= 15 is 4.39 Å². The Bertz CT molecular complexity index is 856. The molecule has 8 nitrogen and oxygen atoms in total. The van der Waals surface area contributed by atoms with Crippen molar-refractivity contribution in [1.82, 2.24) is 19.5 Å². The molecule has 0 aromatic carbocycles. The van der Waals surface area contributed by atoms with E-state index in [1.807, 2.05) is 0 Å². The van der Waals surface area contributed by atoms with Gasteiger partial charge in [0.15, 0.2) is 17.0 Å². The Hall–Kier alpha value is -2.05. The first-order chi connectivity index (χ1) is 12.7. The minimum Gasteiger partial charge on any atom is -0.394 e. The van der Waals surface area contributed by atoms with Crippen molar-refractivity contribution < 1.29 is 32.5 Å². The standard InChI is InChI=1S/C15H17F4N5O3/c16-14(5-27-8(4-25)10(14)26)24-6-20-9-11(21-7-2-1-3-7)22-13(15(17,18)19)23-12(9)24/h6-8,10,25-26H,1-5H2,(H,21,22,23)/t8-,10-,14-/m1/s1. The Morgan fingerprint density at radius 1 is 1.33 bits per heavy atom. The third kappa shape index (κ3) is 2.91. The van der Waals surface area contributed by atoms with E-state index in [0.717, 1.165) is 25.6 Å². The highest BCUT2D eigenvalue weighted by Crippen LogP contribution is 2.38. The molecule has 148 valence electrons. The molecule has 3 heterocycles. The third-order valence-corrected chi connectivity index (χ3v) is 4.98. The average Bonchev–Trinajstić information content (AvgIpc) is 3.13. The smallest absolute Gasteiger partial charge is 0.394 e. The van der Waals surface area contributed by atoms with Gasteiger partial charge in [-0.15, -0.1) is 0 Å². The molecule has 1 saturated heterocycles. The Morgan fingerprint density at radius 3 is 2.63 bits per heavy atom. The molecule has 1 aliphatic carbocycles. The first-order valence-corrected chi connectivity index (χ1v) is 8.43. The Morgan fingerprint density at radius 2 is 2.07 bits per heavy atom. The summed E-state index contributed by atoms with van der Waals surface area (Å²) in [5.74, 6) is -4.19. The second-order valence-electron chi connectivity index (χ2n) is 6.75. The number of aromatic nitrogens is 4. The van der Waals surface area contributed by atoms with Gasteiger partial charge in [-0.2, -0.15) is 13.2 Å². The van der Waals surface area contributed by atoms with Crippen LogP contribution in [0.1, 0.15) is 25.1 Å². The molecule has 3 atom stereocenters. The Labute approximate surface area is 150 Å². The molecule has 4 rings (SSSR count). The average molecular weight is 391 g/mol. The van der Waals surface area contributed by atoms with E-state index in [9.17, 15) is 18.3 Å². The summed E-state index contributed by atoms with van der Waals surface area (Å²) in [6.07, 6.45) is -4.38. The minimum absolute atomic E-state index is 0.0344. The zero-order valence-corrected chi connectivity index (χ0v) is 13.9. The van der Waals surface area contributed by atoms with Gasteiger partial charge in [-0.25, -0.2) is 19.3 Å². The van der Waals surface area contributed by atoms with E-state index in [1.165, 1.54) is 0 Å². The van der Waals surface area contributed by atoms with Crippen molar-refractivity contribution in [2.45, 2.75) is 49.5 Å². The highest BCUT2D eigenvalue weighted by atomic mass is 19.4. The number of nitrogens with one attached hydrogen (secondary N) is 1. The van der Waals surface area contributed by atoms with Gasteiger partial charge in [0.2, 0.25) is 11.6 Å². The highest BCUT2D eigenvalue weighted by molar-refractivity contribution is 5.83. The number of aliphatic hydroxyl groups excluding tert-OH is 2. The molecule has 27 heavy (non-hydrogen) atoms. The molecule has 1 saturated carbocycles. The van der Waals surface area contributed by atoms with Crippen LogP contribution in [0.2, 0.25) is 0 Å². The molecule has 2 aliphatic rings. The molecular weight excluding hydrogens is 374 g/mol. The van der Waals surface area contributed by atoms with E-state index in [0.29, 0.717) is 4.57 Å². The Balaban J connectivity index is 1.84. The largest absolute Gasteiger partial charge is 0.451 e. The molecule has 3 N–H and O–H groups in total. The van der Waals surface area contributed by atoms with Crippen molar-refractivity contribution in [3.8, 4) is 0 Å². The summed E-state index contributed by atoms with van der Waals surface area (Å²) in [6.45, 7) is -1.31. The van der Waals surface area contributed by atoms with Crippen molar-refractivity contribution in [3.63, 3.8) is 0 Å². The zero-order chi connectivity index (χ0) is 19.4. The number of fused-ring (bicyclic) bond motifs is 1. The van der Waals surface area contributed by atoms with E-state index < -0.39 is 48.9 Å². The molecule has 0 bridgehead atoms. The van der Waals surface area contributed by atoms with Crippen molar-refractivity contribution >= 4 is 17.0 Å². The Kier molecular flexibility index (Phi) is 4.24. The van der Waals surface area contributed by atoms with Crippen molar-refractivity contribution in [2.24, 2.45) is 0 Å². The maximum Gasteiger partial charge on any atom is 0.451 e. The van der Waals surface area contributed by atoms with Crippen LogP contribution in [0.4, 0.5) is 23.4 Å². The maximum absolute atomic E-state index is 15.4. The van der Waals surface area contributed by atoms with Crippen LogP contribution >= 0.6 is 0 Å². The maximum atomic E-state index is 15.4. The summed E-state index contributed by atoms with van der Waals surface area (Å²) < 4.78 is 60.9. The summed E-state index contributed by atoms with van der Waals surface area (Å²) >= 11 is 0. The zero-order valence-electron chi connectivity index (χ0n) is 13.9. The van der Waals surface area contributed by atoms with Gasteiger partial charge in [-0.3, -0.25) is 4.57 Å². The molecule has 12 heteroatoms. The van der Waals surface area contributed by atoms with Crippen LogP contribution in [0.3, 0.4) is 0 Å². The molecule has 2 fully saturated rings. The molecule has 2 aromatic rings. The first-order valence-electron chi connectivity index (χ1n) is 8.43. The summed E-state index contributed by atoms with van der Waals surface area (Å²) in [7, 11) is 0. The lowest BCUT2D eigenvalue weighted by Gasteiger charge is -2.27. The number of halogens is 4. The number of aliphatic hydroxyl groups is 2. The number of anilines is 1. The van der Waals surface area contributed by atoms with Gasteiger partial charge < -0.3 is 20.3 Å². The van der Waals surface area contributed by atoms with Crippen LogP contribution in [-0.2, 0) is 16.7 Å². The third-order valence-electron chi connectivity index (χ3n) is 4.98. The fraction of sp³-hybridized carbons (Fsp3) is 0.667. The van der Waals surface area contributed by atoms with Gasteiger partial charge in [0.05, 0.1) is 12.9 Å². The van der Waals surface area contributed by atoms with Gasteiger partial charge in [-0.1, -0.05) is 0 Å². The first kappa shape index (κ1) is 18.3. The fourth-order valence-electron chi connectivity index (χ4n) is 3.20. The second kappa shape index (κ2) is 6.24. The number of rotatable bonds is 4. The monoisotopic (exact) mass is 391 g/mol. The van der Waals surface area contributed by atoms with Crippen LogP contribution in [0.25, 0.3) is 11.2 Å². The fourth-order valence-corrected chi connectivity index (χ4v) is 3.20. The van der Waals surface area contributed by atoms with E-state index in [-0.39, 0.29) is 17.4 Å². The number of hydrogen-bond donors (Lipinski definition) is 3. The number of alkyl halides is 4. The number of imidazole rings is 1. The van der Waals surface area contributed by atoms with Gasteiger partial charge in [0, 0.05) is 6.04 Å². The van der Waals surface area contributed by atoms with Gasteiger partial charge in [0.25, 0.3) is 0 Å². The molecule has 0 amide bonds. The normalized spacial score (nSPS) is 29.3. The topological polar surface area (TPSA) is 105 Å². The second-order valence-corrected chi connectivity index (χ2v) is 6.75. The van der Waals surface area contributed by atoms with Crippen LogP contribution < -0.4 is 5.32 Å². The predicted octanol–water partition coefficient (Wildman–Crippen LogP) is 1.18. The predicted molar refractivity (Wildman–Crippen MR) is 83.5 cm³/mol. The van der Waals surface area contributed by atoms with Crippen LogP contribution in [0.5, 0.6) is 0 Å². The van der Waals surface area contributed by atoms with Crippen molar-refractivity contribution in [2.75, 3.05) is 18.5 Å². The lowest BCUT2D eigenvalue weighted by Crippen LogP contribution is -2.43. The summed E-state index contributed by atoms with van der Waals surface area (Å²) in [5.41, 5.74) is -0.450. The summed E-state index contributed by atoms with van der Waals surface area (Å²) in [5, 5.41) is 22.2. The summed E-state index contributed by atoms with van der Waals surface area (Å²) in [4.78, 5) is 10.9. The molecule has 0 radical (unpaired) electrons. The van der Waals surface area contributed by atoms with Crippen LogP contribution in [-0.4, -0.2) is 61.2 Å². The molecule has 2 aromatic heterocycles. The van der Waals surface area contributed by atoms with E-state index in [4.69, 9.17) is 9.84 Å². The molecule has 0 spiro atoms. The van der Waals surface area contributed by atoms with Gasteiger partial charge in [0.1, 0.15) is 18.8 Å². The number of ether oxygens (including phenoxy) is 1. The number of hydrogen-bond acceptors (Lipinski definition) is 7. The minimum atomic E-state index is -4.85. The lowest BCUT2D eigenvalue weighted by molar-refractivity contribution is -0.144.